The highest BCUT2D eigenvalue weighted by molar-refractivity contribution is 7.05. The number of carboxylic acids is 1. The van der Waals surface area contributed by atoms with Crippen LogP contribution in [0.5, 0.6) is 0 Å². The molecule has 1 rings (SSSR count). The number of hydrogen-bond donors (Lipinski definition) is 1. The first-order valence-corrected chi connectivity index (χ1v) is 8.20. The maximum absolute atomic E-state index is 11.9. The topological polar surface area (TPSA) is 54.4 Å². The molecule has 0 aliphatic heterocycles. The van der Waals surface area contributed by atoms with Crippen molar-refractivity contribution in [3.05, 3.63) is 35.4 Å². The van der Waals surface area contributed by atoms with Gasteiger partial charge in [0.25, 0.3) is 0 Å². The Morgan fingerprint density at radius 2 is 1.67 bits per heavy atom. The molecule has 1 aromatic rings. The Hall–Kier alpha value is -1.42. The molecule has 0 saturated carbocycles. The van der Waals surface area contributed by atoms with E-state index in [0.29, 0.717) is 5.56 Å². The van der Waals surface area contributed by atoms with Crippen LogP contribution in [0, 0.1) is 0 Å². The summed E-state index contributed by atoms with van der Waals surface area (Å²) < 4.78 is 0. The fourth-order valence-electron chi connectivity index (χ4n) is 1.23. The number of rotatable bonds is 3. The number of carbonyl (C=O) groups is 2. The lowest BCUT2D eigenvalue weighted by Crippen LogP contribution is -2.33. The average molecular weight is 222 g/mol. The van der Waals surface area contributed by atoms with Gasteiger partial charge in [-0.15, -0.1) is 0 Å². The molecule has 0 saturated heterocycles. The molecule has 1 N–H and O–H groups in total. The summed E-state index contributed by atoms with van der Waals surface area (Å²) in [6, 6.07) is 6.22. The molecule has 0 aromatic heterocycles. The highest BCUT2D eigenvalue weighted by atomic mass is 28.3. The van der Waals surface area contributed by atoms with E-state index in [1.807, 2.05) is 19.6 Å². The second kappa shape index (κ2) is 3.98. The molecule has 0 amide bonds. The molecule has 0 fully saturated rings. The second-order valence-corrected chi connectivity index (χ2v) is 9.42. The smallest absolute Gasteiger partial charge is 0.335 e. The van der Waals surface area contributed by atoms with E-state index < -0.39 is 14.0 Å². The lowest BCUT2D eigenvalue weighted by Gasteiger charge is -2.14. The normalized spacial score (nSPS) is 11.1. The minimum absolute atomic E-state index is 0.0885. The van der Waals surface area contributed by atoms with Crippen molar-refractivity contribution in [3.63, 3.8) is 0 Å². The Morgan fingerprint density at radius 3 is 2.13 bits per heavy atom. The van der Waals surface area contributed by atoms with Crippen molar-refractivity contribution in [2.75, 3.05) is 0 Å². The van der Waals surface area contributed by atoms with Gasteiger partial charge in [0.1, 0.15) is 13.5 Å². The quantitative estimate of drug-likeness (QED) is 0.799. The summed E-state index contributed by atoms with van der Waals surface area (Å²) in [5.41, 5.74) is 0.674. The van der Waals surface area contributed by atoms with Crippen molar-refractivity contribution in [1.82, 2.24) is 0 Å². The highest BCUT2D eigenvalue weighted by Crippen LogP contribution is 2.13. The van der Waals surface area contributed by atoms with Crippen LogP contribution in [0.15, 0.2) is 24.3 Å². The predicted octanol–water partition coefficient (Wildman–Crippen LogP) is 2.44. The average Bonchev–Trinajstić information content (AvgIpc) is 2.15. The highest BCUT2D eigenvalue weighted by Gasteiger charge is 2.25. The number of aromatic carboxylic acids is 1. The van der Waals surface area contributed by atoms with Gasteiger partial charge >= 0.3 is 5.97 Å². The van der Waals surface area contributed by atoms with Gasteiger partial charge in [-0.05, 0) is 12.1 Å². The summed E-state index contributed by atoms with van der Waals surface area (Å²) >= 11 is 0. The van der Waals surface area contributed by atoms with Gasteiger partial charge in [-0.2, -0.15) is 0 Å². The van der Waals surface area contributed by atoms with Crippen LogP contribution < -0.4 is 0 Å². The summed E-state index contributed by atoms with van der Waals surface area (Å²) in [4.78, 5) is 22.6. The van der Waals surface area contributed by atoms with E-state index in [1.54, 1.807) is 12.1 Å². The number of carbonyl (C=O) groups excluding carboxylic acids is 1. The molecule has 0 unspecified atom stereocenters. The first-order chi connectivity index (χ1) is 6.82. The van der Waals surface area contributed by atoms with Crippen molar-refractivity contribution in [1.29, 1.82) is 0 Å². The van der Waals surface area contributed by atoms with Gasteiger partial charge < -0.3 is 9.90 Å². The zero-order chi connectivity index (χ0) is 11.6. The van der Waals surface area contributed by atoms with Crippen LogP contribution in [0.4, 0.5) is 0 Å². The molecule has 0 radical (unpaired) electrons. The lowest BCUT2D eigenvalue weighted by atomic mass is 10.1. The minimum Gasteiger partial charge on any atom is -0.478 e. The van der Waals surface area contributed by atoms with E-state index >= 15 is 0 Å². The Balaban J connectivity index is 3.12. The standard InChI is InChI=1S/C11H14O3Si/c1-15(2,3)11(14)9-6-4-5-8(7-9)10(12)13/h4-7H,1-3H3,(H,12,13). The number of carboxylic acid groups (broad SMARTS) is 1. The summed E-state index contributed by atoms with van der Waals surface area (Å²) in [6.07, 6.45) is 0. The molecule has 80 valence electrons. The maximum Gasteiger partial charge on any atom is 0.335 e. The van der Waals surface area contributed by atoms with E-state index in [4.69, 9.17) is 5.11 Å². The fourth-order valence-corrected chi connectivity index (χ4v) is 2.25. The summed E-state index contributed by atoms with van der Waals surface area (Å²) in [5, 5.41) is 8.88. The lowest BCUT2D eigenvalue weighted by molar-refractivity contribution is 0.0697. The molecule has 1 aromatic carbocycles. The van der Waals surface area contributed by atoms with Crippen LogP contribution in [-0.4, -0.2) is 24.6 Å². The van der Waals surface area contributed by atoms with Gasteiger partial charge in [-0.1, -0.05) is 31.8 Å². The molecule has 4 heteroatoms. The van der Waals surface area contributed by atoms with Crippen LogP contribution >= 0.6 is 0 Å². The fraction of sp³-hybridized carbons (Fsp3) is 0.273. The molecule has 0 bridgehead atoms. The SMILES string of the molecule is C[Si](C)(C)C(=O)c1cccc(C(=O)O)c1. The molecule has 0 spiro atoms. The second-order valence-electron chi connectivity index (χ2n) is 4.47. The third-order valence-electron chi connectivity index (χ3n) is 2.05. The molecule has 0 aliphatic carbocycles. The van der Waals surface area contributed by atoms with E-state index in [0.717, 1.165) is 0 Å². The predicted molar refractivity (Wildman–Crippen MR) is 61.1 cm³/mol. The summed E-state index contributed by atoms with van der Waals surface area (Å²) in [5.74, 6) is -1.000. The van der Waals surface area contributed by atoms with Crippen LogP contribution in [0.1, 0.15) is 20.7 Å². The first-order valence-electron chi connectivity index (χ1n) is 4.70. The Labute approximate surface area is 89.8 Å². The Bertz CT molecular complexity index is 405. The van der Waals surface area contributed by atoms with Crippen LogP contribution in [0.3, 0.4) is 0 Å². The van der Waals surface area contributed by atoms with Crippen molar-refractivity contribution >= 4 is 19.4 Å². The number of hydrogen-bond acceptors (Lipinski definition) is 2. The molecular weight excluding hydrogens is 208 g/mol. The third-order valence-corrected chi connectivity index (χ3v) is 3.70. The van der Waals surface area contributed by atoms with Crippen molar-refractivity contribution in [3.8, 4) is 0 Å². The van der Waals surface area contributed by atoms with Gasteiger partial charge in [0, 0.05) is 5.56 Å². The van der Waals surface area contributed by atoms with Crippen LogP contribution in [-0.2, 0) is 0 Å². The molecule has 0 heterocycles. The summed E-state index contributed by atoms with van der Waals surface area (Å²) in [6.45, 7) is 5.84. The molecule has 0 aliphatic rings. The zero-order valence-electron chi connectivity index (χ0n) is 9.07. The maximum atomic E-state index is 11.9. The molecule has 15 heavy (non-hydrogen) atoms. The van der Waals surface area contributed by atoms with Gasteiger partial charge in [-0.3, -0.25) is 0 Å². The van der Waals surface area contributed by atoms with Crippen LogP contribution in [0.25, 0.3) is 0 Å². The summed E-state index contributed by atoms with van der Waals surface area (Å²) in [7, 11) is -1.89. The minimum atomic E-state index is -1.89. The van der Waals surface area contributed by atoms with E-state index in [1.165, 1.54) is 12.1 Å². The van der Waals surface area contributed by atoms with E-state index in [2.05, 4.69) is 0 Å². The van der Waals surface area contributed by atoms with Gasteiger partial charge in [-0.25, -0.2) is 4.79 Å². The zero-order valence-corrected chi connectivity index (χ0v) is 10.1. The largest absolute Gasteiger partial charge is 0.478 e. The van der Waals surface area contributed by atoms with Crippen LogP contribution in [0.2, 0.25) is 19.6 Å². The van der Waals surface area contributed by atoms with Gasteiger partial charge in [0.05, 0.1) is 5.56 Å². The third kappa shape index (κ3) is 2.76. The molecular formula is C11H14O3Si. The van der Waals surface area contributed by atoms with Gasteiger partial charge in [0.2, 0.25) is 0 Å². The Morgan fingerprint density at radius 1 is 1.13 bits per heavy atom. The monoisotopic (exact) mass is 222 g/mol. The van der Waals surface area contributed by atoms with E-state index in [9.17, 15) is 9.59 Å². The van der Waals surface area contributed by atoms with Gasteiger partial charge in [0.15, 0.2) is 0 Å². The number of benzene rings is 1. The van der Waals surface area contributed by atoms with Crippen molar-refractivity contribution in [2.24, 2.45) is 0 Å². The van der Waals surface area contributed by atoms with E-state index in [-0.39, 0.29) is 11.0 Å². The van der Waals surface area contributed by atoms with Crippen molar-refractivity contribution in [2.45, 2.75) is 19.6 Å². The van der Waals surface area contributed by atoms with Crippen molar-refractivity contribution < 1.29 is 14.7 Å². The Kier molecular flexibility index (Phi) is 3.09. The first kappa shape index (κ1) is 11.7. The molecule has 0 atom stereocenters. The molecule has 3 nitrogen and oxygen atoms in total.